The molecule has 0 N–H and O–H groups in total. The topological polar surface area (TPSA) is 55.8 Å². The van der Waals surface area contributed by atoms with Gasteiger partial charge >= 0.3 is 5.97 Å². The highest BCUT2D eigenvalue weighted by molar-refractivity contribution is 5.86. The van der Waals surface area contributed by atoms with Crippen molar-refractivity contribution in [3.05, 3.63) is 24.3 Å². The van der Waals surface area contributed by atoms with Crippen LogP contribution in [0.3, 0.4) is 0 Å². The van der Waals surface area contributed by atoms with Crippen LogP contribution in [-0.2, 0) is 19.2 Å². The van der Waals surface area contributed by atoms with Gasteiger partial charge in [-0.15, -0.1) is 0 Å². The second kappa shape index (κ2) is 12.1. The van der Waals surface area contributed by atoms with Gasteiger partial charge < -0.3 is 4.74 Å². The number of hydrogen-bond acceptors (Lipinski definition) is 4. The van der Waals surface area contributed by atoms with E-state index in [4.69, 9.17) is 9.57 Å². The average molecular weight is 297 g/mol. The van der Waals surface area contributed by atoms with Gasteiger partial charge in [-0.25, -0.2) is 5.06 Å². The minimum Gasteiger partial charge on any atom is -0.463 e. The number of likely N-dealkylation sites (N-methyl/N-ethyl adjacent to an activating group) is 1. The van der Waals surface area contributed by atoms with Crippen LogP contribution in [0.1, 0.15) is 46.0 Å². The van der Waals surface area contributed by atoms with E-state index in [1.807, 2.05) is 19.1 Å². The Morgan fingerprint density at radius 1 is 1.19 bits per heavy atom. The van der Waals surface area contributed by atoms with Crippen LogP contribution in [0.5, 0.6) is 0 Å². The molecule has 120 valence electrons. The van der Waals surface area contributed by atoms with Gasteiger partial charge in [-0.05, 0) is 32.6 Å². The van der Waals surface area contributed by atoms with Gasteiger partial charge in [-0.3, -0.25) is 14.4 Å². The third kappa shape index (κ3) is 11.9. The molecular formula is C16H27NO4. The quantitative estimate of drug-likeness (QED) is 0.204. The number of ether oxygens (including phenoxy) is 1. The molecule has 1 atom stereocenters. The maximum absolute atomic E-state index is 11.3. The molecule has 0 aromatic rings. The van der Waals surface area contributed by atoms with E-state index in [2.05, 4.69) is 0 Å². The molecule has 0 heterocycles. The molecule has 0 saturated heterocycles. The minimum absolute atomic E-state index is 0.00441. The number of unbranched alkanes of at least 4 members (excludes halogenated alkanes) is 3. The van der Waals surface area contributed by atoms with Crippen molar-refractivity contribution in [2.75, 3.05) is 14.2 Å². The lowest BCUT2D eigenvalue weighted by Gasteiger charge is -2.10. The smallest absolute Gasteiger partial charge is 0.302 e. The Bertz CT molecular complexity index is 363. The van der Waals surface area contributed by atoms with Gasteiger partial charge in [0.1, 0.15) is 0 Å². The molecule has 0 bridgehead atoms. The van der Waals surface area contributed by atoms with E-state index in [1.165, 1.54) is 20.1 Å². The Labute approximate surface area is 127 Å². The van der Waals surface area contributed by atoms with Crippen LogP contribution < -0.4 is 0 Å². The number of carbonyl (C=O) groups is 2. The zero-order valence-electron chi connectivity index (χ0n) is 13.5. The van der Waals surface area contributed by atoms with Crippen LogP contribution >= 0.6 is 0 Å². The highest BCUT2D eigenvalue weighted by atomic mass is 16.7. The molecule has 0 aromatic heterocycles. The second-order valence-corrected chi connectivity index (χ2v) is 4.86. The standard InChI is InChI=1S/C16H27NO4/c1-14(21-15(2)18)12-10-8-6-5-7-9-11-13-16(19)17(3)20-4/h7,9,11,13-14H,5-6,8,10,12H2,1-4H3/b9-7+,13-11-/t14-/m0/s1. The molecule has 0 unspecified atom stereocenters. The fourth-order valence-corrected chi connectivity index (χ4v) is 1.72. The second-order valence-electron chi connectivity index (χ2n) is 4.86. The Kier molecular flexibility index (Phi) is 11.2. The summed E-state index contributed by atoms with van der Waals surface area (Å²) in [5.74, 6) is -0.410. The number of amides is 1. The zero-order valence-corrected chi connectivity index (χ0v) is 13.5. The molecule has 0 aliphatic rings. The summed E-state index contributed by atoms with van der Waals surface area (Å²) in [4.78, 5) is 26.8. The summed E-state index contributed by atoms with van der Waals surface area (Å²) in [6, 6.07) is 0. The Morgan fingerprint density at radius 2 is 1.90 bits per heavy atom. The van der Waals surface area contributed by atoms with Gasteiger partial charge in [-0.2, -0.15) is 0 Å². The van der Waals surface area contributed by atoms with E-state index in [0.29, 0.717) is 0 Å². The molecule has 0 spiro atoms. The summed E-state index contributed by atoms with van der Waals surface area (Å²) < 4.78 is 5.05. The first kappa shape index (κ1) is 19.4. The summed E-state index contributed by atoms with van der Waals surface area (Å²) in [7, 11) is 3.01. The van der Waals surface area contributed by atoms with E-state index in [-0.39, 0.29) is 18.0 Å². The van der Waals surface area contributed by atoms with Crippen molar-refractivity contribution in [2.24, 2.45) is 0 Å². The number of esters is 1. The third-order valence-electron chi connectivity index (χ3n) is 2.92. The van der Waals surface area contributed by atoms with Crippen molar-refractivity contribution in [1.82, 2.24) is 5.06 Å². The maximum Gasteiger partial charge on any atom is 0.302 e. The molecule has 5 nitrogen and oxygen atoms in total. The molecule has 21 heavy (non-hydrogen) atoms. The number of nitrogens with zero attached hydrogens (tertiary/aromatic N) is 1. The highest BCUT2D eigenvalue weighted by Crippen LogP contribution is 2.08. The molecule has 0 radical (unpaired) electrons. The predicted octanol–water partition coefficient (Wildman–Crippen LogP) is 3.02. The summed E-state index contributed by atoms with van der Waals surface area (Å²) in [6.45, 7) is 3.35. The number of rotatable bonds is 10. The molecule has 0 aliphatic carbocycles. The van der Waals surface area contributed by atoms with Crippen LogP contribution in [0.4, 0.5) is 0 Å². The summed E-state index contributed by atoms with van der Waals surface area (Å²) >= 11 is 0. The lowest BCUT2D eigenvalue weighted by Crippen LogP contribution is -2.22. The molecule has 5 heteroatoms. The first-order valence-electron chi connectivity index (χ1n) is 7.29. The normalized spacial score (nSPS) is 12.8. The van der Waals surface area contributed by atoms with Gasteiger partial charge in [0.2, 0.25) is 0 Å². The van der Waals surface area contributed by atoms with Gasteiger partial charge in [0.15, 0.2) is 0 Å². The van der Waals surface area contributed by atoms with E-state index in [0.717, 1.165) is 37.2 Å². The maximum atomic E-state index is 11.3. The zero-order chi connectivity index (χ0) is 16.1. The average Bonchev–Trinajstić information content (AvgIpc) is 2.43. The van der Waals surface area contributed by atoms with Crippen LogP contribution in [0.15, 0.2) is 24.3 Å². The first-order valence-corrected chi connectivity index (χ1v) is 7.29. The molecule has 0 fully saturated rings. The van der Waals surface area contributed by atoms with Crippen molar-refractivity contribution in [1.29, 1.82) is 0 Å². The van der Waals surface area contributed by atoms with Crippen molar-refractivity contribution in [3.8, 4) is 0 Å². The largest absolute Gasteiger partial charge is 0.463 e. The Hall–Kier alpha value is -1.62. The number of hydrogen-bond donors (Lipinski definition) is 0. The fourth-order valence-electron chi connectivity index (χ4n) is 1.72. The van der Waals surface area contributed by atoms with Crippen LogP contribution in [0.2, 0.25) is 0 Å². The van der Waals surface area contributed by atoms with Crippen LogP contribution in [-0.4, -0.2) is 37.2 Å². The molecule has 0 rings (SSSR count). The molecule has 0 aromatic carbocycles. The molecule has 1 amide bonds. The summed E-state index contributed by atoms with van der Waals surface area (Å²) in [6.07, 6.45) is 12.2. The van der Waals surface area contributed by atoms with E-state index in [9.17, 15) is 9.59 Å². The third-order valence-corrected chi connectivity index (χ3v) is 2.92. The van der Waals surface area contributed by atoms with Gasteiger partial charge in [0.05, 0.1) is 13.2 Å². The summed E-state index contributed by atoms with van der Waals surface area (Å²) in [5.41, 5.74) is 0. The highest BCUT2D eigenvalue weighted by Gasteiger charge is 2.04. The van der Waals surface area contributed by atoms with Gasteiger partial charge in [-0.1, -0.05) is 24.6 Å². The lowest BCUT2D eigenvalue weighted by atomic mass is 10.1. The van der Waals surface area contributed by atoms with Crippen molar-refractivity contribution < 1.29 is 19.2 Å². The number of allylic oxidation sites excluding steroid dienone is 3. The SMILES string of the molecule is CON(C)C(=O)/C=C\C=C\CCCCC[C@H](C)OC(C)=O. The summed E-state index contributed by atoms with van der Waals surface area (Å²) in [5, 5.41) is 1.16. The fraction of sp³-hybridized carbons (Fsp3) is 0.625. The van der Waals surface area contributed by atoms with Crippen LogP contribution in [0.25, 0.3) is 0 Å². The van der Waals surface area contributed by atoms with E-state index >= 15 is 0 Å². The molecule has 0 aliphatic heterocycles. The van der Waals surface area contributed by atoms with Crippen molar-refractivity contribution in [2.45, 2.75) is 52.1 Å². The van der Waals surface area contributed by atoms with Crippen molar-refractivity contribution in [3.63, 3.8) is 0 Å². The number of hydroxylamine groups is 2. The van der Waals surface area contributed by atoms with Crippen LogP contribution in [0, 0.1) is 0 Å². The van der Waals surface area contributed by atoms with Gasteiger partial charge in [0.25, 0.3) is 5.91 Å². The first-order chi connectivity index (χ1) is 9.97. The van der Waals surface area contributed by atoms with Crippen molar-refractivity contribution >= 4 is 11.9 Å². The lowest BCUT2D eigenvalue weighted by molar-refractivity contribution is -0.162. The van der Waals surface area contributed by atoms with E-state index in [1.54, 1.807) is 13.1 Å². The van der Waals surface area contributed by atoms with Gasteiger partial charge in [0, 0.05) is 20.0 Å². The van der Waals surface area contributed by atoms with E-state index < -0.39 is 0 Å². The molecular weight excluding hydrogens is 270 g/mol. The predicted molar refractivity (Wildman–Crippen MR) is 82.4 cm³/mol. The number of carbonyl (C=O) groups excluding carboxylic acids is 2. The molecule has 0 saturated carbocycles. The minimum atomic E-state index is -0.217. The Balaban J connectivity index is 3.59. The Morgan fingerprint density at radius 3 is 2.52 bits per heavy atom. The monoisotopic (exact) mass is 297 g/mol.